The van der Waals surface area contributed by atoms with E-state index in [1.165, 1.54) is 17.3 Å². The summed E-state index contributed by atoms with van der Waals surface area (Å²) in [6, 6.07) is 9.59. The highest BCUT2D eigenvalue weighted by Crippen LogP contribution is 2.22. The Hall–Kier alpha value is -1.98. The predicted molar refractivity (Wildman–Crippen MR) is 94.9 cm³/mol. The maximum absolute atomic E-state index is 11.7. The molecule has 1 aliphatic heterocycles. The molecule has 0 spiro atoms. The number of halogens is 1. The van der Waals surface area contributed by atoms with Crippen LogP contribution >= 0.6 is 11.6 Å². The van der Waals surface area contributed by atoms with E-state index in [9.17, 15) is 9.90 Å². The number of alkyl halides is 1. The number of nitrogens with zero attached hydrogens (tertiary/aromatic N) is 2. The summed E-state index contributed by atoms with van der Waals surface area (Å²) in [7, 11) is 0. The molecular weight excluding hydrogens is 328 g/mol. The second-order valence-electron chi connectivity index (χ2n) is 6.03. The molecule has 0 saturated carbocycles. The number of rotatable bonds is 4. The van der Waals surface area contributed by atoms with Crippen LogP contribution in [0.15, 0.2) is 39.5 Å². The second-order valence-corrected chi connectivity index (χ2v) is 6.30. The van der Waals surface area contributed by atoms with Crippen LogP contribution < -0.4 is 10.3 Å². The van der Waals surface area contributed by atoms with Gasteiger partial charge in [0.1, 0.15) is 5.76 Å². The van der Waals surface area contributed by atoms with E-state index in [-0.39, 0.29) is 11.6 Å². The van der Waals surface area contributed by atoms with Crippen molar-refractivity contribution in [2.75, 3.05) is 31.1 Å². The quantitative estimate of drug-likeness (QED) is 0.861. The lowest BCUT2D eigenvalue weighted by Gasteiger charge is -2.36. The SMILES string of the molecule is Cc1ccccc1N1CCN(Cc2oc(CCl)cc(=O)c2O)CC1. The first kappa shape index (κ1) is 16.9. The Balaban J connectivity index is 1.67. The number of benzene rings is 1. The van der Waals surface area contributed by atoms with E-state index in [4.69, 9.17) is 16.0 Å². The van der Waals surface area contributed by atoms with E-state index in [2.05, 4.69) is 34.9 Å². The van der Waals surface area contributed by atoms with Crippen LogP contribution in [0.1, 0.15) is 17.1 Å². The van der Waals surface area contributed by atoms with E-state index < -0.39 is 5.43 Å². The molecule has 1 aliphatic rings. The molecule has 5 nitrogen and oxygen atoms in total. The molecule has 1 N–H and O–H groups in total. The number of aromatic hydroxyl groups is 1. The Kier molecular flexibility index (Phi) is 5.11. The van der Waals surface area contributed by atoms with Gasteiger partial charge in [-0.2, -0.15) is 0 Å². The molecule has 0 radical (unpaired) electrons. The minimum absolute atomic E-state index is 0.115. The molecule has 3 rings (SSSR count). The van der Waals surface area contributed by atoms with Crippen molar-refractivity contribution >= 4 is 17.3 Å². The van der Waals surface area contributed by atoms with Crippen LogP contribution in [0.3, 0.4) is 0 Å². The normalized spacial score (nSPS) is 15.7. The monoisotopic (exact) mass is 348 g/mol. The fraction of sp³-hybridized carbons (Fsp3) is 0.389. The molecule has 0 atom stereocenters. The van der Waals surface area contributed by atoms with Crippen molar-refractivity contribution in [3.05, 3.63) is 57.6 Å². The third-order valence-electron chi connectivity index (χ3n) is 4.37. The average molecular weight is 349 g/mol. The Bertz CT molecular complexity index is 767. The van der Waals surface area contributed by atoms with Crippen LogP contribution in [0.4, 0.5) is 5.69 Å². The zero-order valence-electron chi connectivity index (χ0n) is 13.7. The van der Waals surface area contributed by atoms with E-state index in [0.29, 0.717) is 18.1 Å². The smallest absolute Gasteiger partial charge is 0.227 e. The van der Waals surface area contributed by atoms with Crippen molar-refractivity contribution in [2.45, 2.75) is 19.3 Å². The molecule has 1 saturated heterocycles. The Morgan fingerprint density at radius 1 is 1.21 bits per heavy atom. The van der Waals surface area contributed by atoms with Gasteiger partial charge in [-0.15, -0.1) is 11.6 Å². The highest BCUT2D eigenvalue weighted by Gasteiger charge is 2.21. The summed E-state index contributed by atoms with van der Waals surface area (Å²) < 4.78 is 5.53. The molecule has 128 valence electrons. The summed E-state index contributed by atoms with van der Waals surface area (Å²) >= 11 is 5.73. The standard InChI is InChI=1S/C18H21ClN2O3/c1-13-4-2-3-5-15(13)21-8-6-20(7-9-21)12-17-18(23)16(22)10-14(11-19)24-17/h2-5,10,23H,6-9,11-12H2,1H3. The van der Waals surface area contributed by atoms with Crippen molar-refractivity contribution in [3.63, 3.8) is 0 Å². The van der Waals surface area contributed by atoms with Crippen molar-refractivity contribution in [1.29, 1.82) is 0 Å². The number of para-hydroxylation sites is 1. The van der Waals surface area contributed by atoms with Crippen molar-refractivity contribution in [2.24, 2.45) is 0 Å². The van der Waals surface area contributed by atoms with Crippen molar-refractivity contribution < 1.29 is 9.52 Å². The van der Waals surface area contributed by atoms with Gasteiger partial charge in [-0.05, 0) is 18.6 Å². The molecule has 6 heteroatoms. The molecule has 2 aromatic rings. The van der Waals surface area contributed by atoms with Crippen molar-refractivity contribution in [3.8, 4) is 5.75 Å². The van der Waals surface area contributed by atoms with Gasteiger partial charge in [-0.1, -0.05) is 18.2 Å². The zero-order valence-corrected chi connectivity index (χ0v) is 14.4. The summed E-state index contributed by atoms with van der Waals surface area (Å²) in [5, 5.41) is 9.93. The van der Waals surface area contributed by atoms with Gasteiger partial charge in [0, 0.05) is 37.9 Å². The van der Waals surface area contributed by atoms with E-state index in [1.807, 2.05) is 6.07 Å². The summed E-state index contributed by atoms with van der Waals surface area (Å²) in [5.41, 5.74) is 2.09. The van der Waals surface area contributed by atoms with Crippen LogP contribution in [0.2, 0.25) is 0 Å². The number of hydrogen-bond donors (Lipinski definition) is 1. The Morgan fingerprint density at radius 3 is 2.58 bits per heavy atom. The molecule has 0 unspecified atom stereocenters. The lowest BCUT2D eigenvalue weighted by atomic mass is 10.1. The molecule has 1 aromatic heterocycles. The summed E-state index contributed by atoms with van der Waals surface area (Å²) in [6.45, 7) is 5.99. The Labute approximate surface area is 146 Å². The van der Waals surface area contributed by atoms with Crippen LogP contribution in [-0.4, -0.2) is 36.2 Å². The van der Waals surface area contributed by atoms with Gasteiger partial charge in [0.15, 0.2) is 5.76 Å². The third kappa shape index (κ3) is 3.57. The van der Waals surface area contributed by atoms with Crippen LogP contribution in [0.25, 0.3) is 0 Å². The maximum atomic E-state index is 11.7. The molecule has 1 aromatic carbocycles. The first-order chi connectivity index (χ1) is 11.6. The van der Waals surface area contributed by atoms with Gasteiger partial charge in [0.25, 0.3) is 0 Å². The van der Waals surface area contributed by atoms with Crippen LogP contribution in [0.5, 0.6) is 5.75 Å². The fourth-order valence-corrected chi connectivity index (χ4v) is 3.16. The first-order valence-corrected chi connectivity index (χ1v) is 8.55. The number of piperazine rings is 1. The highest BCUT2D eigenvalue weighted by atomic mass is 35.5. The van der Waals surface area contributed by atoms with Gasteiger partial charge in [-0.25, -0.2) is 0 Å². The van der Waals surface area contributed by atoms with Gasteiger partial charge in [0.2, 0.25) is 11.2 Å². The van der Waals surface area contributed by atoms with Gasteiger partial charge in [-0.3, -0.25) is 9.69 Å². The Morgan fingerprint density at radius 2 is 1.92 bits per heavy atom. The molecule has 0 aliphatic carbocycles. The molecule has 2 heterocycles. The summed E-state index contributed by atoms with van der Waals surface area (Å²) in [5.74, 6) is 0.476. The largest absolute Gasteiger partial charge is 0.502 e. The summed E-state index contributed by atoms with van der Waals surface area (Å²) in [4.78, 5) is 16.3. The lowest BCUT2D eigenvalue weighted by Crippen LogP contribution is -2.46. The number of anilines is 1. The molecule has 24 heavy (non-hydrogen) atoms. The first-order valence-electron chi connectivity index (χ1n) is 8.02. The predicted octanol–water partition coefficient (Wildman–Crippen LogP) is 2.71. The third-order valence-corrected chi connectivity index (χ3v) is 4.63. The van der Waals surface area contributed by atoms with Crippen molar-refractivity contribution in [1.82, 2.24) is 4.90 Å². The van der Waals surface area contributed by atoms with Gasteiger partial charge >= 0.3 is 0 Å². The minimum atomic E-state index is -0.439. The van der Waals surface area contributed by atoms with Crippen LogP contribution in [0, 0.1) is 6.92 Å². The highest BCUT2D eigenvalue weighted by molar-refractivity contribution is 6.16. The molecular formula is C18H21ClN2O3. The lowest BCUT2D eigenvalue weighted by molar-refractivity contribution is 0.219. The minimum Gasteiger partial charge on any atom is -0.502 e. The van der Waals surface area contributed by atoms with Gasteiger partial charge < -0.3 is 14.4 Å². The molecule has 0 bridgehead atoms. The number of aryl methyl sites for hydroxylation is 1. The zero-order chi connectivity index (χ0) is 17.1. The fourth-order valence-electron chi connectivity index (χ4n) is 3.03. The molecule has 0 amide bonds. The average Bonchev–Trinajstić information content (AvgIpc) is 2.60. The van der Waals surface area contributed by atoms with Gasteiger partial charge in [0.05, 0.1) is 12.4 Å². The van der Waals surface area contributed by atoms with E-state index in [0.717, 1.165) is 26.2 Å². The summed E-state index contributed by atoms with van der Waals surface area (Å²) in [6.07, 6.45) is 0. The topological polar surface area (TPSA) is 56.9 Å². The number of hydrogen-bond acceptors (Lipinski definition) is 5. The van der Waals surface area contributed by atoms with E-state index in [1.54, 1.807) is 0 Å². The van der Waals surface area contributed by atoms with E-state index >= 15 is 0 Å². The molecule has 1 fully saturated rings. The van der Waals surface area contributed by atoms with Crippen LogP contribution in [-0.2, 0) is 12.4 Å². The maximum Gasteiger partial charge on any atom is 0.227 e. The second kappa shape index (κ2) is 7.28.